The molecule has 29 heavy (non-hydrogen) atoms. The van der Waals surface area contributed by atoms with Gasteiger partial charge in [-0.15, -0.1) is 0 Å². The molecule has 0 spiro atoms. The van der Waals surface area contributed by atoms with E-state index in [1.807, 2.05) is 0 Å². The van der Waals surface area contributed by atoms with Crippen LogP contribution in [-0.2, 0) is 10.0 Å². The summed E-state index contributed by atoms with van der Waals surface area (Å²) in [5.41, 5.74) is 0.384. The molecule has 1 saturated heterocycles. The van der Waals surface area contributed by atoms with Crippen molar-refractivity contribution in [2.75, 3.05) is 23.1 Å². The van der Waals surface area contributed by atoms with E-state index in [0.717, 1.165) is 49.5 Å². The minimum atomic E-state index is -4.13. The first kappa shape index (κ1) is 22.2. The van der Waals surface area contributed by atoms with Crippen LogP contribution in [0.4, 0.5) is 15.2 Å². The van der Waals surface area contributed by atoms with E-state index in [0.29, 0.717) is 18.3 Å². The van der Waals surface area contributed by atoms with Crippen molar-refractivity contribution in [3.8, 4) is 0 Å². The molecule has 1 atom stereocenters. The lowest BCUT2D eigenvalue weighted by molar-refractivity contribution is 0.511. The predicted octanol–water partition coefficient (Wildman–Crippen LogP) is 4.25. The van der Waals surface area contributed by atoms with E-state index in [1.54, 1.807) is 0 Å². The van der Waals surface area contributed by atoms with Gasteiger partial charge in [0.2, 0.25) is 5.13 Å². The predicted molar refractivity (Wildman–Crippen MR) is 115 cm³/mol. The Hall–Kier alpha value is -1.49. The second-order valence-electron chi connectivity index (χ2n) is 7.04. The maximum Gasteiger partial charge on any atom is 0.266 e. The Morgan fingerprint density at radius 3 is 2.83 bits per heavy atom. The van der Waals surface area contributed by atoms with Gasteiger partial charge in [0.25, 0.3) is 10.0 Å². The van der Waals surface area contributed by atoms with E-state index in [-0.39, 0.29) is 10.2 Å². The summed E-state index contributed by atoms with van der Waals surface area (Å²) in [6.45, 7) is 1.79. The summed E-state index contributed by atoms with van der Waals surface area (Å²) in [6.07, 6.45) is 9.40. The van der Waals surface area contributed by atoms with Crippen LogP contribution in [0.15, 0.2) is 23.4 Å². The van der Waals surface area contributed by atoms with Crippen molar-refractivity contribution in [3.63, 3.8) is 0 Å². The zero-order valence-corrected chi connectivity index (χ0v) is 18.3. The van der Waals surface area contributed by atoms with Gasteiger partial charge in [-0.05, 0) is 44.4 Å². The molecule has 1 aliphatic rings. The summed E-state index contributed by atoms with van der Waals surface area (Å²) < 4.78 is 45.0. The van der Waals surface area contributed by atoms with Gasteiger partial charge >= 0.3 is 0 Å². The molecule has 2 aromatic rings. The van der Waals surface area contributed by atoms with Gasteiger partial charge < -0.3 is 10.6 Å². The monoisotopic (exact) mass is 461 g/mol. The van der Waals surface area contributed by atoms with Gasteiger partial charge in [-0.25, -0.2) is 17.8 Å². The van der Waals surface area contributed by atoms with E-state index in [9.17, 15) is 12.8 Å². The first-order chi connectivity index (χ1) is 14.0. The van der Waals surface area contributed by atoms with E-state index < -0.39 is 20.7 Å². The SMILES string of the molecule is O=S(=O)(Nc1ncns1)c1cc(Cl)c(NCCCCCC[C@@H]2CCCN2)cc1F. The third-order valence-electron chi connectivity index (χ3n) is 4.85. The quantitative estimate of drug-likeness (QED) is 0.433. The van der Waals surface area contributed by atoms with Crippen molar-refractivity contribution < 1.29 is 12.8 Å². The number of unbranched alkanes of at least 4 members (excludes halogenated alkanes) is 3. The van der Waals surface area contributed by atoms with Gasteiger partial charge in [-0.1, -0.05) is 30.9 Å². The third kappa shape index (κ3) is 6.50. The highest BCUT2D eigenvalue weighted by molar-refractivity contribution is 7.93. The van der Waals surface area contributed by atoms with Gasteiger partial charge in [0.15, 0.2) is 0 Å². The van der Waals surface area contributed by atoms with Crippen LogP contribution in [0.25, 0.3) is 0 Å². The number of hydrogen-bond acceptors (Lipinski definition) is 7. The van der Waals surface area contributed by atoms with E-state index in [1.165, 1.54) is 32.0 Å². The highest BCUT2D eigenvalue weighted by Gasteiger charge is 2.22. The number of nitrogens with one attached hydrogen (secondary N) is 3. The Bertz CT molecular complexity index is 890. The normalized spacial score (nSPS) is 16.8. The van der Waals surface area contributed by atoms with Gasteiger partial charge in [-0.2, -0.15) is 4.37 Å². The minimum Gasteiger partial charge on any atom is -0.384 e. The minimum absolute atomic E-state index is 0.0615. The summed E-state index contributed by atoms with van der Waals surface area (Å²) in [4.78, 5) is 3.21. The highest BCUT2D eigenvalue weighted by atomic mass is 35.5. The van der Waals surface area contributed by atoms with Gasteiger partial charge in [-0.3, -0.25) is 4.72 Å². The lowest BCUT2D eigenvalue weighted by Gasteiger charge is -2.12. The Labute approximate surface area is 179 Å². The fourth-order valence-corrected chi connectivity index (χ4v) is 5.40. The second-order valence-corrected chi connectivity index (χ2v) is 9.88. The topological polar surface area (TPSA) is 96.0 Å². The number of anilines is 2. The lowest BCUT2D eigenvalue weighted by atomic mass is 10.1. The molecule has 160 valence electrons. The molecule has 2 heterocycles. The fraction of sp³-hybridized carbons (Fsp3) is 0.556. The summed E-state index contributed by atoms with van der Waals surface area (Å²) in [5, 5.41) is 6.80. The van der Waals surface area contributed by atoms with Crippen LogP contribution in [0.3, 0.4) is 0 Å². The number of aromatic nitrogens is 2. The third-order valence-corrected chi connectivity index (χ3v) is 7.23. The molecule has 3 rings (SSSR count). The van der Waals surface area contributed by atoms with Crippen molar-refractivity contribution in [1.82, 2.24) is 14.7 Å². The lowest BCUT2D eigenvalue weighted by Crippen LogP contribution is -2.20. The van der Waals surface area contributed by atoms with E-state index in [4.69, 9.17) is 11.6 Å². The number of sulfonamides is 1. The van der Waals surface area contributed by atoms with Crippen molar-refractivity contribution in [2.45, 2.75) is 55.9 Å². The smallest absolute Gasteiger partial charge is 0.266 e. The Morgan fingerprint density at radius 2 is 2.10 bits per heavy atom. The van der Waals surface area contributed by atoms with Crippen LogP contribution in [0.1, 0.15) is 44.9 Å². The van der Waals surface area contributed by atoms with Crippen LogP contribution in [-0.4, -0.2) is 36.9 Å². The second kappa shape index (κ2) is 10.5. The molecule has 0 amide bonds. The van der Waals surface area contributed by atoms with Crippen molar-refractivity contribution in [1.29, 1.82) is 0 Å². The number of rotatable bonds is 11. The molecule has 0 bridgehead atoms. The highest BCUT2D eigenvalue weighted by Crippen LogP contribution is 2.29. The Morgan fingerprint density at radius 1 is 1.28 bits per heavy atom. The molecular weight excluding hydrogens is 437 g/mol. The average molecular weight is 462 g/mol. The van der Waals surface area contributed by atoms with Crippen LogP contribution in [0.2, 0.25) is 5.02 Å². The molecule has 11 heteroatoms. The number of nitrogens with zero attached hydrogens (tertiary/aromatic N) is 2. The molecule has 1 fully saturated rings. The van der Waals surface area contributed by atoms with Crippen LogP contribution in [0.5, 0.6) is 0 Å². The number of benzene rings is 1. The Kier molecular flexibility index (Phi) is 8.05. The summed E-state index contributed by atoms with van der Waals surface area (Å²) in [5.74, 6) is -0.877. The molecule has 1 aromatic heterocycles. The van der Waals surface area contributed by atoms with Crippen LogP contribution < -0.4 is 15.4 Å². The maximum atomic E-state index is 14.4. The zero-order valence-electron chi connectivity index (χ0n) is 16.0. The first-order valence-corrected chi connectivity index (χ1v) is 12.3. The molecule has 0 unspecified atom stereocenters. The largest absolute Gasteiger partial charge is 0.384 e. The summed E-state index contributed by atoms with van der Waals surface area (Å²) in [6, 6.07) is 2.91. The molecule has 0 radical (unpaired) electrons. The van der Waals surface area contributed by atoms with Crippen molar-refractivity contribution >= 4 is 44.0 Å². The van der Waals surface area contributed by atoms with E-state index in [2.05, 4.69) is 24.7 Å². The molecule has 0 saturated carbocycles. The van der Waals surface area contributed by atoms with Crippen molar-refractivity contribution in [2.24, 2.45) is 0 Å². The number of hydrogen-bond donors (Lipinski definition) is 3. The first-order valence-electron chi connectivity index (χ1n) is 9.71. The molecule has 1 aliphatic heterocycles. The van der Waals surface area contributed by atoms with Crippen LogP contribution in [0, 0.1) is 5.82 Å². The standard InChI is InChI=1S/C18H25ClFN5O2S2/c19-14-10-17(29(26,27)25-18-23-12-24-28-18)15(20)11-16(14)22-8-4-2-1-3-6-13-7-5-9-21-13/h10-13,21-22H,1-9H2,(H,23,24,25)/t13-/m1/s1. The molecular formula is C18H25ClFN5O2S2. The fourth-order valence-electron chi connectivity index (χ4n) is 3.35. The average Bonchev–Trinajstić information content (AvgIpc) is 3.37. The molecule has 0 aliphatic carbocycles. The van der Waals surface area contributed by atoms with Gasteiger partial charge in [0.1, 0.15) is 17.0 Å². The van der Waals surface area contributed by atoms with Gasteiger partial charge in [0, 0.05) is 24.1 Å². The van der Waals surface area contributed by atoms with Gasteiger partial charge in [0.05, 0.1) is 10.7 Å². The summed E-state index contributed by atoms with van der Waals surface area (Å²) in [7, 11) is -4.13. The van der Waals surface area contributed by atoms with Crippen LogP contribution >= 0.6 is 23.1 Å². The molecule has 1 aromatic carbocycles. The van der Waals surface area contributed by atoms with E-state index >= 15 is 0 Å². The maximum absolute atomic E-state index is 14.4. The van der Waals surface area contributed by atoms with Crippen molar-refractivity contribution in [3.05, 3.63) is 29.3 Å². The zero-order chi connectivity index (χ0) is 20.7. The summed E-state index contributed by atoms with van der Waals surface area (Å²) >= 11 is 7.03. The number of halogens is 2. The Balaban J connectivity index is 1.46. The molecule has 7 nitrogen and oxygen atoms in total. The molecule has 3 N–H and O–H groups in total.